The Bertz CT molecular complexity index is 615. The zero-order chi connectivity index (χ0) is 14.2. The van der Waals surface area contributed by atoms with Crippen LogP contribution >= 0.6 is 0 Å². The summed E-state index contributed by atoms with van der Waals surface area (Å²) in [6.07, 6.45) is -0.0426. The number of carbonyl (C=O) groups excluding carboxylic acids is 1. The van der Waals surface area contributed by atoms with Crippen LogP contribution in [0, 0.1) is 18.7 Å². The monoisotopic (exact) mass is 289 g/mol. The Morgan fingerprint density at radius 1 is 1.42 bits per heavy atom. The summed E-state index contributed by atoms with van der Waals surface area (Å²) >= 11 is 0. The van der Waals surface area contributed by atoms with Crippen molar-refractivity contribution in [2.24, 2.45) is 5.92 Å². The Kier molecular flexibility index (Phi) is 3.58. The first kappa shape index (κ1) is 13.9. The summed E-state index contributed by atoms with van der Waals surface area (Å²) in [5, 5.41) is 0. The van der Waals surface area contributed by atoms with Crippen LogP contribution in [0.25, 0.3) is 0 Å². The highest BCUT2D eigenvalue weighted by Gasteiger charge is 2.34. The second-order valence-corrected chi connectivity index (χ2v) is 6.07. The Hall–Kier alpha value is -1.50. The molecule has 1 fully saturated rings. The van der Waals surface area contributed by atoms with Gasteiger partial charge in [-0.05, 0) is 19.1 Å². The molecule has 1 aromatic carbocycles. The second-order valence-electron chi connectivity index (χ2n) is 4.66. The van der Waals surface area contributed by atoms with Crippen molar-refractivity contribution in [3.63, 3.8) is 0 Å². The molecule has 1 saturated heterocycles. The molecule has 0 N–H and O–H groups in total. The van der Waals surface area contributed by atoms with Gasteiger partial charge in [0.2, 0.25) is 5.91 Å². The maximum atomic E-state index is 13.4. The van der Waals surface area contributed by atoms with E-state index in [0.717, 1.165) is 0 Å². The highest BCUT2D eigenvalue weighted by molar-refractivity contribution is 7.86. The SMILES string of the molecule is Cc1c(F)cccc1N1CC(CS(=O)(=O)F)CC1=O. The van der Waals surface area contributed by atoms with Crippen molar-refractivity contribution in [2.45, 2.75) is 13.3 Å². The van der Waals surface area contributed by atoms with Gasteiger partial charge in [-0.1, -0.05) is 6.07 Å². The molecular formula is C12H13F2NO3S. The predicted octanol–water partition coefficient (Wildman–Crippen LogP) is 1.79. The Balaban J connectivity index is 2.23. The molecule has 2 rings (SSSR count). The molecule has 19 heavy (non-hydrogen) atoms. The highest BCUT2D eigenvalue weighted by Crippen LogP contribution is 2.29. The summed E-state index contributed by atoms with van der Waals surface area (Å²) in [6.45, 7) is 1.63. The van der Waals surface area contributed by atoms with Gasteiger partial charge >= 0.3 is 10.2 Å². The summed E-state index contributed by atoms with van der Waals surface area (Å²) in [6, 6.07) is 4.34. The van der Waals surface area contributed by atoms with Crippen LogP contribution in [-0.2, 0) is 15.0 Å². The minimum Gasteiger partial charge on any atom is -0.312 e. The molecule has 4 nitrogen and oxygen atoms in total. The van der Waals surface area contributed by atoms with Crippen LogP contribution in [0.4, 0.5) is 14.0 Å². The van der Waals surface area contributed by atoms with E-state index in [1.807, 2.05) is 0 Å². The molecular weight excluding hydrogens is 276 g/mol. The standard InChI is InChI=1S/C12H13F2NO3S/c1-8-10(13)3-2-4-11(8)15-6-9(5-12(15)16)7-19(14,17)18/h2-4,9H,5-7H2,1H3. The Labute approximate surface area is 110 Å². The number of halogens is 2. The molecule has 0 radical (unpaired) electrons. The van der Waals surface area contributed by atoms with Crippen LogP contribution in [0.3, 0.4) is 0 Å². The number of hydrogen-bond donors (Lipinski definition) is 0. The molecule has 0 aromatic heterocycles. The average Bonchev–Trinajstić information content (AvgIpc) is 2.61. The zero-order valence-corrected chi connectivity index (χ0v) is 11.1. The zero-order valence-electron chi connectivity index (χ0n) is 10.3. The molecule has 0 saturated carbocycles. The normalized spacial score (nSPS) is 20.1. The van der Waals surface area contributed by atoms with E-state index in [9.17, 15) is 21.5 Å². The van der Waals surface area contributed by atoms with E-state index in [0.29, 0.717) is 11.3 Å². The fraction of sp³-hybridized carbons (Fsp3) is 0.417. The van der Waals surface area contributed by atoms with E-state index in [2.05, 4.69) is 0 Å². The molecule has 1 amide bonds. The van der Waals surface area contributed by atoms with Crippen LogP contribution in [0.1, 0.15) is 12.0 Å². The molecule has 0 bridgehead atoms. The molecule has 1 unspecified atom stereocenters. The molecule has 1 heterocycles. The minimum absolute atomic E-state index is 0.0426. The average molecular weight is 289 g/mol. The van der Waals surface area contributed by atoms with Crippen molar-refractivity contribution in [2.75, 3.05) is 17.2 Å². The number of hydrogen-bond acceptors (Lipinski definition) is 3. The fourth-order valence-electron chi connectivity index (χ4n) is 2.30. The van der Waals surface area contributed by atoms with Gasteiger partial charge in [0.1, 0.15) is 5.82 Å². The lowest BCUT2D eigenvalue weighted by molar-refractivity contribution is -0.117. The fourth-order valence-corrected chi connectivity index (χ4v) is 3.08. The predicted molar refractivity (Wildman–Crippen MR) is 66.5 cm³/mol. The van der Waals surface area contributed by atoms with E-state index in [4.69, 9.17) is 0 Å². The van der Waals surface area contributed by atoms with Gasteiger partial charge in [0.25, 0.3) is 0 Å². The van der Waals surface area contributed by atoms with Gasteiger partial charge in [0.05, 0.1) is 5.75 Å². The summed E-state index contributed by atoms with van der Waals surface area (Å²) in [5.74, 6) is -2.02. The quantitative estimate of drug-likeness (QED) is 0.797. The minimum atomic E-state index is -4.61. The van der Waals surface area contributed by atoms with Crippen LogP contribution in [-0.4, -0.2) is 26.6 Å². The van der Waals surface area contributed by atoms with E-state index in [-0.39, 0.29) is 18.9 Å². The Morgan fingerprint density at radius 3 is 2.74 bits per heavy atom. The van der Waals surface area contributed by atoms with Gasteiger partial charge in [-0.2, -0.15) is 8.42 Å². The topological polar surface area (TPSA) is 54.5 Å². The van der Waals surface area contributed by atoms with Gasteiger partial charge in [0.15, 0.2) is 0 Å². The van der Waals surface area contributed by atoms with Gasteiger partial charge in [-0.15, -0.1) is 3.89 Å². The Morgan fingerprint density at radius 2 is 2.11 bits per heavy atom. The third-order valence-electron chi connectivity index (χ3n) is 3.17. The first-order valence-corrected chi connectivity index (χ1v) is 7.31. The molecule has 104 valence electrons. The highest BCUT2D eigenvalue weighted by atomic mass is 32.3. The maximum Gasteiger partial charge on any atom is 0.302 e. The second kappa shape index (κ2) is 4.88. The lowest BCUT2D eigenvalue weighted by Crippen LogP contribution is -2.26. The number of rotatable bonds is 3. The molecule has 1 aliphatic rings. The molecule has 7 heteroatoms. The first-order valence-electron chi connectivity index (χ1n) is 5.76. The van der Waals surface area contributed by atoms with Crippen molar-refractivity contribution in [1.82, 2.24) is 0 Å². The smallest absolute Gasteiger partial charge is 0.302 e. The van der Waals surface area contributed by atoms with E-state index < -0.39 is 27.7 Å². The van der Waals surface area contributed by atoms with Crippen molar-refractivity contribution in [3.05, 3.63) is 29.6 Å². The van der Waals surface area contributed by atoms with Crippen LogP contribution < -0.4 is 4.90 Å². The van der Waals surface area contributed by atoms with Crippen molar-refractivity contribution in [3.8, 4) is 0 Å². The number of carbonyl (C=O) groups is 1. The molecule has 1 atom stereocenters. The van der Waals surface area contributed by atoms with Crippen LogP contribution in [0.5, 0.6) is 0 Å². The third kappa shape index (κ3) is 3.09. The van der Waals surface area contributed by atoms with E-state index in [1.165, 1.54) is 24.0 Å². The first-order chi connectivity index (χ1) is 8.78. The largest absolute Gasteiger partial charge is 0.312 e. The summed E-state index contributed by atoms with van der Waals surface area (Å²) in [7, 11) is -4.61. The van der Waals surface area contributed by atoms with Crippen molar-refractivity contribution < 1.29 is 21.5 Å². The van der Waals surface area contributed by atoms with Gasteiger partial charge in [-0.25, -0.2) is 4.39 Å². The number of amides is 1. The van der Waals surface area contributed by atoms with Gasteiger partial charge in [-0.3, -0.25) is 4.79 Å². The summed E-state index contributed by atoms with van der Waals surface area (Å²) < 4.78 is 47.3. The van der Waals surface area contributed by atoms with E-state index >= 15 is 0 Å². The van der Waals surface area contributed by atoms with Crippen LogP contribution in [0.2, 0.25) is 0 Å². The van der Waals surface area contributed by atoms with Gasteiger partial charge in [0, 0.05) is 30.1 Å². The van der Waals surface area contributed by atoms with Gasteiger partial charge < -0.3 is 4.90 Å². The number of benzene rings is 1. The molecule has 1 aromatic rings. The third-order valence-corrected chi connectivity index (χ3v) is 4.04. The maximum absolute atomic E-state index is 13.4. The molecule has 1 aliphatic heterocycles. The van der Waals surface area contributed by atoms with Crippen LogP contribution in [0.15, 0.2) is 18.2 Å². The molecule has 0 aliphatic carbocycles. The summed E-state index contributed by atoms with van der Waals surface area (Å²) in [5.41, 5.74) is 0.725. The molecule has 0 spiro atoms. The lowest BCUT2D eigenvalue weighted by atomic mass is 10.1. The van der Waals surface area contributed by atoms with Crippen molar-refractivity contribution >= 4 is 21.8 Å². The number of nitrogens with zero attached hydrogens (tertiary/aromatic N) is 1. The lowest BCUT2D eigenvalue weighted by Gasteiger charge is -2.19. The number of anilines is 1. The van der Waals surface area contributed by atoms with Crippen molar-refractivity contribution in [1.29, 1.82) is 0 Å². The van der Waals surface area contributed by atoms with E-state index in [1.54, 1.807) is 6.07 Å². The summed E-state index contributed by atoms with van der Waals surface area (Å²) in [4.78, 5) is 13.1.